The highest BCUT2D eigenvalue weighted by atomic mass is 16.5. The van der Waals surface area contributed by atoms with Gasteiger partial charge in [-0.3, -0.25) is 14.5 Å². The minimum Gasteiger partial charge on any atom is -0.378 e. The number of carbonyl (C=O) groups is 2. The van der Waals surface area contributed by atoms with E-state index in [2.05, 4.69) is 23.2 Å². The summed E-state index contributed by atoms with van der Waals surface area (Å²) in [5.74, 6) is 0.0838. The molecule has 7 nitrogen and oxygen atoms in total. The molecule has 2 saturated heterocycles. The first-order valence-corrected chi connectivity index (χ1v) is 11.9. The number of amides is 2. The molecule has 30 heavy (non-hydrogen) atoms. The first-order valence-electron chi connectivity index (χ1n) is 11.9. The lowest BCUT2D eigenvalue weighted by atomic mass is 9.81. The smallest absolute Gasteiger partial charge is 0.224 e. The predicted molar refractivity (Wildman–Crippen MR) is 115 cm³/mol. The van der Waals surface area contributed by atoms with Gasteiger partial charge in [0.15, 0.2) is 0 Å². The van der Waals surface area contributed by atoms with E-state index in [9.17, 15) is 14.9 Å². The number of hydrogen-bond acceptors (Lipinski definition) is 5. The molecule has 1 aliphatic carbocycles. The molecule has 2 atom stereocenters. The number of hydrogen-bond donors (Lipinski definition) is 1. The van der Waals surface area contributed by atoms with Crippen LogP contribution in [0.15, 0.2) is 0 Å². The molecule has 1 N–H and O–H groups in total. The Morgan fingerprint density at radius 3 is 2.60 bits per heavy atom. The Labute approximate surface area is 181 Å². The lowest BCUT2D eigenvalue weighted by Crippen LogP contribution is -2.52. The Kier molecular flexibility index (Phi) is 8.52. The molecule has 0 bridgehead atoms. The molecule has 0 radical (unpaired) electrons. The van der Waals surface area contributed by atoms with Crippen LogP contribution in [0.1, 0.15) is 64.7 Å². The second-order valence-corrected chi connectivity index (χ2v) is 9.34. The fraction of sp³-hybridized carbons (Fsp3) is 0.870. The van der Waals surface area contributed by atoms with Gasteiger partial charge >= 0.3 is 0 Å². The molecule has 0 aromatic heterocycles. The van der Waals surface area contributed by atoms with Gasteiger partial charge in [-0.15, -0.1) is 0 Å². The van der Waals surface area contributed by atoms with Crippen LogP contribution in [0.3, 0.4) is 0 Å². The van der Waals surface area contributed by atoms with E-state index in [1.165, 1.54) is 19.3 Å². The lowest BCUT2D eigenvalue weighted by molar-refractivity contribution is -0.140. The number of ether oxygens (including phenoxy) is 1. The molecule has 2 heterocycles. The van der Waals surface area contributed by atoms with Gasteiger partial charge in [0, 0.05) is 38.5 Å². The van der Waals surface area contributed by atoms with E-state index in [1.54, 1.807) is 0 Å². The minimum absolute atomic E-state index is 0.0410. The molecular weight excluding hydrogens is 380 g/mol. The van der Waals surface area contributed by atoms with Crippen molar-refractivity contribution >= 4 is 11.8 Å². The highest BCUT2D eigenvalue weighted by molar-refractivity contribution is 5.86. The third-order valence-electron chi connectivity index (χ3n) is 6.96. The topological polar surface area (TPSA) is 85.7 Å². The first-order chi connectivity index (χ1) is 14.5. The molecule has 3 aliphatic rings. The maximum atomic E-state index is 13.3. The van der Waals surface area contributed by atoms with E-state index >= 15 is 0 Å². The van der Waals surface area contributed by atoms with Crippen LogP contribution >= 0.6 is 0 Å². The summed E-state index contributed by atoms with van der Waals surface area (Å²) in [5, 5.41) is 13.0. The summed E-state index contributed by atoms with van der Waals surface area (Å²) in [5.41, 5.74) is -0.820. The number of likely N-dealkylation sites (tertiary alicyclic amines) is 1. The summed E-state index contributed by atoms with van der Waals surface area (Å²) in [6, 6.07) is 2.39. The second-order valence-electron chi connectivity index (χ2n) is 9.34. The molecule has 0 aromatic rings. The van der Waals surface area contributed by atoms with Gasteiger partial charge < -0.3 is 15.0 Å². The van der Waals surface area contributed by atoms with Crippen molar-refractivity contribution in [3.05, 3.63) is 0 Å². The predicted octanol–water partition coefficient (Wildman–Crippen LogP) is 2.32. The van der Waals surface area contributed by atoms with Gasteiger partial charge in [0.2, 0.25) is 11.8 Å². The molecular formula is C23H38N4O3. The van der Waals surface area contributed by atoms with Crippen molar-refractivity contribution < 1.29 is 14.3 Å². The highest BCUT2D eigenvalue weighted by Gasteiger charge is 2.41. The standard InChI is InChI=1S/C23H38N4O3/c1-2-9-26-10-8-23(17-24,18-26)25-22(29)20(15-19-6-4-3-5-7-19)16-21(28)27-11-13-30-14-12-27/h19-20H,2-16,18H2,1H3,(H,25,29). The van der Waals surface area contributed by atoms with E-state index in [-0.39, 0.29) is 24.2 Å². The summed E-state index contributed by atoms with van der Waals surface area (Å²) in [4.78, 5) is 30.3. The number of nitriles is 1. The van der Waals surface area contributed by atoms with Gasteiger partial charge in [-0.25, -0.2) is 0 Å². The Hall–Kier alpha value is -1.65. The van der Waals surface area contributed by atoms with Crippen molar-refractivity contribution in [2.45, 2.75) is 70.3 Å². The Bertz CT molecular complexity index is 622. The van der Waals surface area contributed by atoms with Crippen LogP contribution in [0.5, 0.6) is 0 Å². The van der Waals surface area contributed by atoms with Gasteiger partial charge in [0.25, 0.3) is 0 Å². The largest absolute Gasteiger partial charge is 0.378 e. The number of morpholine rings is 1. The van der Waals surface area contributed by atoms with Gasteiger partial charge in [-0.05, 0) is 31.7 Å². The quantitative estimate of drug-likeness (QED) is 0.654. The van der Waals surface area contributed by atoms with E-state index in [4.69, 9.17) is 4.74 Å². The summed E-state index contributed by atoms with van der Waals surface area (Å²) in [7, 11) is 0. The van der Waals surface area contributed by atoms with Crippen molar-refractivity contribution in [3.63, 3.8) is 0 Å². The summed E-state index contributed by atoms with van der Waals surface area (Å²) in [6.45, 7) is 6.82. The summed E-state index contributed by atoms with van der Waals surface area (Å²) in [6.07, 6.45) is 8.66. The Morgan fingerprint density at radius 1 is 1.20 bits per heavy atom. The van der Waals surface area contributed by atoms with Gasteiger partial charge in [0.1, 0.15) is 5.54 Å². The molecule has 2 aliphatic heterocycles. The van der Waals surface area contributed by atoms with Crippen LogP contribution in [0, 0.1) is 23.2 Å². The maximum Gasteiger partial charge on any atom is 0.224 e. The molecule has 3 rings (SSSR count). The SMILES string of the molecule is CCCN1CCC(C#N)(NC(=O)C(CC(=O)N2CCOCC2)CC2CCCCC2)C1. The monoisotopic (exact) mass is 418 g/mol. The summed E-state index contributed by atoms with van der Waals surface area (Å²) < 4.78 is 5.36. The van der Waals surface area contributed by atoms with Crippen LogP contribution in [0.2, 0.25) is 0 Å². The fourth-order valence-corrected chi connectivity index (χ4v) is 5.22. The zero-order chi connectivity index (χ0) is 21.4. The molecule has 7 heteroatoms. The Morgan fingerprint density at radius 2 is 1.93 bits per heavy atom. The van der Waals surface area contributed by atoms with Gasteiger partial charge in [0.05, 0.1) is 19.3 Å². The van der Waals surface area contributed by atoms with Crippen molar-refractivity contribution in [1.29, 1.82) is 5.26 Å². The molecule has 0 aromatic carbocycles. The molecule has 2 unspecified atom stereocenters. The van der Waals surface area contributed by atoms with Gasteiger partial charge in [-0.2, -0.15) is 5.26 Å². The van der Waals surface area contributed by atoms with Crippen LogP contribution in [-0.4, -0.2) is 73.1 Å². The van der Waals surface area contributed by atoms with Crippen molar-refractivity contribution in [3.8, 4) is 6.07 Å². The van der Waals surface area contributed by atoms with Crippen molar-refractivity contribution in [2.24, 2.45) is 11.8 Å². The van der Waals surface area contributed by atoms with Crippen molar-refractivity contribution in [1.82, 2.24) is 15.1 Å². The third-order valence-corrected chi connectivity index (χ3v) is 6.96. The third kappa shape index (κ3) is 6.18. The van der Waals surface area contributed by atoms with Crippen LogP contribution in [0.25, 0.3) is 0 Å². The second kappa shape index (κ2) is 11.1. The van der Waals surface area contributed by atoms with Crippen molar-refractivity contribution in [2.75, 3.05) is 45.9 Å². The number of carbonyl (C=O) groups excluding carboxylic acids is 2. The van der Waals surface area contributed by atoms with E-state index in [1.807, 2.05) is 4.90 Å². The maximum absolute atomic E-state index is 13.3. The molecule has 2 amide bonds. The number of rotatable bonds is 8. The lowest BCUT2D eigenvalue weighted by Gasteiger charge is -2.32. The van der Waals surface area contributed by atoms with E-state index in [0.717, 1.165) is 38.8 Å². The first kappa shape index (κ1) is 23.0. The Balaban J connectivity index is 1.65. The van der Waals surface area contributed by atoms with Crippen LogP contribution < -0.4 is 5.32 Å². The summed E-state index contributed by atoms with van der Waals surface area (Å²) >= 11 is 0. The molecule has 1 saturated carbocycles. The molecule has 3 fully saturated rings. The zero-order valence-electron chi connectivity index (χ0n) is 18.5. The average Bonchev–Trinajstić information content (AvgIpc) is 3.18. The van der Waals surface area contributed by atoms with Crippen LogP contribution in [0.4, 0.5) is 0 Å². The van der Waals surface area contributed by atoms with E-state index in [0.29, 0.717) is 45.2 Å². The molecule has 168 valence electrons. The minimum atomic E-state index is -0.820. The fourth-order valence-electron chi connectivity index (χ4n) is 5.22. The van der Waals surface area contributed by atoms with Crippen LogP contribution in [-0.2, 0) is 14.3 Å². The van der Waals surface area contributed by atoms with Gasteiger partial charge in [-0.1, -0.05) is 39.0 Å². The average molecular weight is 419 g/mol. The van der Waals surface area contributed by atoms with E-state index < -0.39 is 5.54 Å². The normalized spacial score (nSPS) is 26.9. The zero-order valence-corrected chi connectivity index (χ0v) is 18.5. The number of nitrogens with zero attached hydrogens (tertiary/aromatic N) is 3. The highest BCUT2D eigenvalue weighted by Crippen LogP contribution is 2.31. The number of nitrogens with one attached hydrogen (secondary N) is 1. The molecule has 0 spiro atoms.